The second-order valence-electron chi connectivity index (χ2n) is 13.6. The number of hydrogen-bond acceptors (Lipinski definition) is 7. The largest absolute Gasteiger partial charge is 0.493 e. The molecule has 2 heterocycles. The van der Waals surface area contributed by atoms with Gasteiger partial charge >= 0.3 is 5.97 Å². The smallest absolute Gasteiger partial charge is 0.346 e. The van der Waals surface area contributed by atoms with E-state index < -0.39 is 5.97 Å². The van der Waals surface area contributed by atoms with Crippen molar-refractivity contribution in [2.45, 2.75) is 111 Å². The summed E-state index contributed by atoms with van der Waals surface area (Å²) in [6.45, 7) is 10.2. The lowest BCUT2D eigenvalue weighted by molar-refractivity contribution is -0.132. The Morgan fingerprint density at radius 3 is 2.06 bits per heavy atom. The number of nitriles is 1. The van der Waals surface area contributed by atoms with Crippen molar-refractivity contribution in [3.63, 3.8) is 0 Å². The minimum absolute atomic E-state index is 0.285. The van der Waals surface area contributed by atoms with Crippen LogP contribution < -0.4 is 9.47 Å². The Hall–Kier alpha value is -4.42. The van der Waals surface area contributed by atoms with Crippen LogP contribution in [-0.4, -0.2) is 47.5 Å². The van der Waals surface area contributed by atoms with Crippen LogP contribution in [0.25, 0.3) is 27.0 Å². The lowest BCUT2D eigenvalue weighted by Crippen LogP contribution is -2.32. The minimum atomic E-state index is -1.30. The Bertz CT molecular complexity index is 1730. The first-order valence-corrected chi connectivity index (χ1v) is 20.0. The Kier molecular flexibility index (Phi) is 16.0. The van der Waals surface area contributed by atoms with Gasteiger partial charge in [0.25, 0.3) is 11.8 Å². The summed E-state index contributed by atoms with van der Waals surface area (Å²) in [6, 6.07) is 14.5. The van der Waals surface area contributed by atoms with Gasteiger partial charge in [-0.3, -0.25) is 14.5 Å². The molecule has 1 atom stereocenters. The van der Waals surface area contributed by atoms with E-state index >= 15 is 0 Å². The number of hydrogen-bond donors (Lipinski definition) is 1. The van der Waals surface area contributed by atoms with E-state index in [0.29, 0.717) is 63.6 Å². The molecule has 0 saturated carbocycles. The number of thiophene rings is 1. The van der Waals surface area contributed by atoms with Gasteiger partial charge in [-0.05, 0) is 54.5 Å². The molecule has 8 nitrogen and oxygen atoms in total. The highest BCUT2D eigenvalue weighted by molar-refractivity contribution is 7.20. The Balaban J connectivity index is 1.77. The Morgan fingerprint density at radius 1 is 0.827 bits per heavy atom. The van der Waals surface area contributed by atoms with Gasteiger partial charge in [0.05, 0.1) is 29.2 Å². The Labute approximate surface area is 313 Å². The molecule has 0 spiro atoms. The first kappa shape index (κ1) is 40.4. The normalized spacial score (nSPS) is 13.3. The minimum Gasteiger partial charge on any atom is -0.493 e. The van der Waals surface area contributed by atoms with Crippen LogP contribution in [0.2, 0.25) is 0 Å². The molecule has 1 N–H and O–H groups in total. The zero-order valence-electron chi connectivity index (χ0n) is 31.3. The van der Waals surface area contributed by atoms with Crippen molar-refractivity contribution in [3.05, 3.63) is 64.7 Å². The van der Waals surface area contributed by atoms with Crippen molar-refractivity contribution in [1.29, 1.82) is 5.26 Å². The quantitative estimate of drug-likeness (QED) is 0.0447. The van der Waals surface area contributed by atoms with E-state index in [9.17, 15) is 24.8 Å². The molecule has 3 aromatic rings. The van der Waals surface area contributed by atoms with Gasteiger partial charge in [-0.1, -0.05) is 116 Å². The summed E-state index contributed by atoms with van der Waals surface area (Å²) in [5.74, 6) is -0.107. The predicted molar refractivity (Wildman–Crippen MR) is 209 cm³/mol. The van der Waals surface area contributed by atoms with Crippen LogP contribution in [-0.2, 0) is 4.79 Å². The molecule has 2 aromatic carbocycles. The zero-order valence-corrected chi connectivity index (χ0v) is 32.1. The van der Waals surface area contributed by atoms with Crippen LogP contribution >= 0.6 is 11.3 Å². The topological polar surface area (TPSA) is 117 Å². The molecule has 2 amide bonds. The third kappa shape index (κ3) is 10.3. The van der Waals surface area contributed by atoms with Crippen molar-refractivity contribution < 1.29 is 29.0 Å². The van der Waals surface area contributed by atoms with Crippen LogP contribution in [0.15, 0.2) is 48.0 Å². The molecule has 52 heavy (non-hydrogen) atoms. The van der Waals surface area contributed by atoms with E-state index in [1.165, 1.54) is 28.7 Å². The standard InChI is InChI=1S/C43H54N2O6S/c1-5-9-12-14-25-50-34-21-22-35(36(28-34)51-26-15-13-10-6-2)40-38-37(41(46)45(42(38)47)24-23-30(8-4)16-11-7-3)39(52-40)32-19-17-31(18-20-32)27-33(29-44)43(48)49/h17-22,27-28,30H,5-16,23-26H2,1-4H3,(H,48,49)/b33-27+. The number of unbranched alkanes of at least 4 members (excludes halogenated alkanes) is 7. The van der Waals surface area contributed by atoms with Gasteiger partial charge in [0.15, 0.2) is 0 Å². The highest BCUT2D eigenvalue weighted by Crippen LogP contribution is 2.49. The molecule has 0 saturated heterocycles. The highest BCUT2D eigenvalue weighted by atomic mass is 32.1. The van der Waals surface area contributed by atoms with E-state index in [-0.39, 0.29) is 17.4 Å². The van der Waals surface area contributed by atoms with E-state index in [2.05, 4.69) is 27.7 Å². The second-order valence-corrected chi connectivity index (χ2v) is 14.6. The summed E-state index contributed by atoms with van der Waals surface area (Å²) in [5, 5.41) is 18.6. The van der Waals surface area contributed by atoms with Gasteiger partial charge in [-0.25, -0.2) is 4.79 Å². The van der Waals surface area contributed by atoms with Crippen LogP contribution in [0.3, 0.4) is 0 Å². The lowest BCUT2D eigenvalue weighted by atomic mass is 9.95. The fraction of sp³-hybridized carbons (Fsp3) is 0.488. The molecule has 9 heteroatoms. The second kappa shape index (κ2) is 20.6. The number of aliphatic carboxylic acids is 1. The molecule has 4 rings (SSSR count). The van der Waals surface area contributed by atoms with Gasteiger partial charge in [0.1, 0.15) is 23.1 Å². The predicted octanol–water partition coefficient (Wildman–Crippen LogP) is 11.2. The number of imide groups is 1. The van der Waals surface area contributed by atoms with Crippen molar-refractivity contribution in [2.75, 3.05) is 19.8 Å². The fourth-order valence-electron chi connectivity index (χ4n) is 6.52. The number of amides is 2. The van der Waals surface area contributed by atoms with Crippen LogP contribution in [0.1, 0.15) is 137 Å². The van der Waals surface area contributed by atoms with Crippen LogP contribution in [0.5, 0.6) is 11.5 Å². The van der Waals surface area contributed by atoms with Gasteiger partial charge in [-0.15, -0.1) is 11.3 Å². The number of nitrogens with zero attached hydrogens (tertiary/aromatic N) is 2. The van der Waals surface area contributed by atoms with E-state index in [1.807, 2.05) is 18.2 Å². The number of ether oxygens (including phenoxy) is 2. The van der Waals surface area contributed by atoms with Gasteiger partial charge in [-0.2, -0.15) is 5.26 Å². The molecule has 1 aliphatic rings. The maximum atomic E-state index is 14.3. The zero-order chi connectivity index (χ0) is 37.5. The summed E-state index contributed by atoms with van der Waals surface area (Å²) < 4.78 is 12.6. The SMILES string of the molecule is CCCCCCOc1ccc(-c2sc(-c3ccc(/C=C(\C#N)C(=O)O)cc3)c3c2C(=O)N(CCC(CC)CCCC)C3=O)c(OCCCCCC)c1. The maximum Gasteiger partial charge on any atom is 0.346 e. The first-order valence-electron chi connectivity index (χ1n) is 19.2. The molecule has 0 bridgehead atoms. The van der Waals surface area contributed by atoms with Crippen molar-refractivity contribution in [2.24, 2.45) is 5.92 Å². The van der Waals surface area contributed by atoms with Crippen molar-refractivity contribution in [1.82, 2.24) is 4.90 Å². The number of carbonyl (C=O) groups is 3. The van der Waals surface area contributed by atoms with Crippen molar-refractivity contribution in [3.8, 4) is 38.4 Å². The summed E-state index contributed by atoms with van der Waals surface area (Å²) in [5.41, 5.74) is 2.44. The third-order valence-corrected chi connectivity index (χ3v) is 11.0. The Morgan fingerprint density at radius 2 is 1.46 bits per heavy atom. The van der Waals surface area contributed by atoms with Crippen LogP contribution in [0, 0.1) is 17.2 Å². The highest BCUT2D eigenvalue weighted by Gasteiger charge is 2.42. The van der Waals surface area contributed by atoms with Crippen LogP contribution in [0.4, 0.5) is 0 Å². The summed E-state index contributed by atoms with van der Waals surface area (Å²) >= 11 is 1.39. The van der Waals surface area contributed by atoms with E-state index in [4.69, 9.17) is 9.47 Å². The number of rotatable bonds is 23. The molecule has 0 aliphatic carbocycles. The molecule has 1 aliphatic heterocycles. The first-order chi connectivity index (χ1) is 25.3. The fourth-order valence-corrected chi connectivity index (χ4v) is 7.84. The number of carbonyl (C=O) groups excluding carboxylic acids is 2. The van der Waals surface area contributed by atoms with E-state index in [0.717, 1.165) is 88.2 Å². The lowest BCUT2D eigenvalue weighted by Gasteiger charge is -2.20. The van der Waals surface area contributed by atoms with Gasteiger partial charge < -0.3 is 14.6 Å². The molecular formula is C43H54N2O6S. The summed E-state index contributed by atoms with van der Waals surface area (Å²) in [7, 11) is 0. The molecule has 0 radical (unpaired) electrons. The average molecular weight is 727 g/mol. The monoisotopic (exact) mass is 726 g/mol. The number of benzene rings is 2. The summed E-state index contributed by atoms with van der Waals surface area (Å²) in [6.07, 6.45) is 15.0. The molecule has 278 valence electrons. The average Bonchev–Trinajstić information content (AvgIpc) is 3.66. The number of carboxylic acids is 1. The van der Waals surface area contributed by atoms with Gasteiger partial charge in [0, 0.05) is 23.1 Å². The number of carboxylic acid groups (broad SMARTS) is 1. The maximum absolute atomic E-state index is 14.3. The molecule has 1 aromatic heterocycles. The van der Waals surface area contributed by atoms with Gasteiger partial charge in [0.2, 0.25) is 0 Å². The van der Waals surface area contributed by atoms with Crippen molar-refractivity contribution >= 4 is 35.2 Å². The third-order valence-electron chi connectivity index (χ3n) is 9.69. The number of fused-ring (bicyclic) bond motifs is 1. The molecular weight excluding hydrogens is 673 g/mol. The molecule has 1 unspecified atom stereocenters. The van der Waals surface area contributed by atoms with E-state index in [1.54, 1.807) is 30.3 Å². The summed E-state index contributed by atoms with van der Waals surface area (Å²) in [4.78, 5) is 42.8. The molecule has 0 fully saturated rings.